The van der Waals surface area contributed by atoms with Crippen molar-refractivity contribution < 1.29 is 9.53 Å². The van der Waals surface area contributed by atoms with Crippen molar-refractivity contribution in [3.8, 4) is 0 Å². The van der Waals surface area contributed by atoms with Gasteiger partial charge in [0, 0.05) is 18.6 Å². The topological polar surface area (TPSA) is 51.2 Å². The maximum Gasteiger partial charge on any atom is 0.341 e. The summed E-state index contributed by atoms with van der Waals surface area (Å²) < 4.78 is 4.78. The van der Waals surface area contributed by atoms with Crippen molar-refractivity contribution in [3.05, 3.63) is 35.0 Å². The van der Waals surface area contributed by atoms with Gasteiger partial charge in [0.25, 0.3) is 0 Å². The first-order chi connectivity index (χ1) is 8.60. The molecular formula is C14H16N2O2. The lowest BCUT2D eigenvalue weighted by Gasteiger charge is -2.13. The standard InChI is InChI=1S/C14H16N2O2/c1-8-5-6-9(2)12-11(8)13(15-3)10(7-16-12)14(17)18-4/h5-7H,1-4H3,(H,15,16). The Balaban J connectivity index is 2.87. The zero-order chi connectivity index (χ0) is 13.3. The Morgan fingerprint density at radius 3 is 2.56 bits per heavy atom. The molecule has 0 aliphatic heterocycles. The van der Waals surface area contributed by atoms with Crippen LogP contribution >= 0.6 is 0 Å². The van der Waals surface area contributed by atoms with E-state index in [4.69, 9.17) is 4.74 Å². The van der Waals surface area contributed by atoms with Crippen LogP contribution in [-0.2, 0) is 4.74 Å². The van der Waals surface area contributed by atoms with Gasteiger partial charge in [-0.05, 0) is 25.0 Å². The normalized spacial score (nSPS) is 10.4. The Morgan fingerprint density at radius 1 is 1.28 bits per heavy atom. The minimum Gasteiger partial charge on any atom is -0.465 e. The quantitative estimate of drug-likeness (QED) is 0.825. The van der Waals surface area contributed by atoms with E-state index in [-0.39, 0.29) is 5.97 Å². The van der Waals surface area contributed by atoms with Crippen molar-refractivity contribution in [1.82, 2.24) is 4.98 Å². The number of pyridine rings is 1. The molecule has 4 heteroatoms. The van der Waals surface area contributed by atoms with Gasteiger partial charge >= 0.3 is 5.97 Å². The maximum absolute atomic E-state index is 11.7. The summed E-state index contributed by atoms with van der Waals surface area (Å²) in [5.74, 6) is -0.380. The van der Waals surface area contributed by atoms with Gasteiger partial charge in [-0.2, -0.15) is 0 Å². The lowest BCUT2D eigenvalue weighted by atomic mass is 10.0. The fraction of sp³-hybridized carbons (Fsp3) is 0.286. The average Bonchev–Trinajstić information content (AvgIpc) is 2.40. The van der Waals surface area contributed by atoms with Crippen molar-refractivity contribution in [2.45, 2.75) is 13.8 Å². The number of aryl methyl sites for hydroxylation is 2. The van der Waals surface area contributed by atoms with E-state index < -0.39 is 0 Å². The number of hydrogen-bond acceptors (Lipinski definition) is 4. The van der Waals surface area contributed by atoms with Gasteiger partial charge in [-0.25, -0.2) is 4.79 Å². The number of hydrogen-bond donors (Lipinski definition) is 1. The molecule has 18 heavy (non-hydrogen) atoms. The Labute approximate surface area is 106 Å². The highest BCUT2D eigenvalue weighted by atomic mass is 16.5. The van der Waals surface area contributed by atoms with Crippen LogP contribution in [0.15, 0.2) is 18.3 Å². The van der Waals surface area contributed by atoms with Crippen molar-refractivity contribution in [2.24, 2.45) is 0 Å². The molecule has 0 aliphatic carbocycles. The average molecular weight is 244 g/mol. The molecule has 0 saturated heterocycles. The molecule has 94 valence electrons. The Morgan fingerprint density at radius 2 is 1.94 bits per heavy atom. The summed E-state index contributed by atoms with van der Waals surface area (Å²) in [5.41, 5.74) is 4.31. The summed E-state index contributed by atoms with van der Waals surface area (Å²) in [6.45, 7) is 4.01. The summed E-state index contributed by atoms with van der Waals surface area (Å²) in [6.07, 6.45) is 1.56. The number of anilines is 1. The van der Waals surface area contributed by atoms with Crippen LogP contribution in [0.3, 0.4) is 0 Å². The zero-order valence-corrected chi connectivity index (χ0v) is 11.0. The Kier molecular flexibility index (Phi) is 3.19. The maximum atomic E-state index is 11.7. The zero-order valence-electron chi connectivity index (χ0n) is 11.0. The highest BCUT2D eigenvalue weighted by Crippen LogP contribution is 2.30. The van der Waals surface area contributed by atoms with Gasteiger partial charge in [0.2, 0.25) is 0 Å². The van der Waals surface area contributed by atoms with Gasteiger partial charge in [0.05, 0.1) is 18.3 Å². The molecule has 0 unspecified atom stereocenters. The number of fused-ring (bicyclic) bond motifs is 1. The third kappa shape index (κ3) is 1.79. The smallest absolute Gasteiger partial charge is 0.341 e. The molecule has 0 spiro atoms. The van der Waals surface area contributed by atoms with E-state index in [2.05, 4.69) is 10.3 Å². The molecule has 1 N–H and O–H groups in total. The summed E-state index contributed by atoms with van der Waals surface area (Å²) in [6, 6.07) is 4.06. The van der Waals surface area contributed by atoms with Crippen molar-refractivity contribution in [1.29, 1.82) is 0 Å². The van der Waals surface area contributed by atoms with E-state index in [9.17, 15) is 4.79 Å². The number of ether oxygens (including phenoxy) is 1. The molecule has 0 saturated carbocycles. The second-order valence-electron chi connectivity index (χ2n) is 4.21. The van der Waals surface area contributed by atoms with E-state index in [0.29, 0.717) is 5.56 Å². The third-order valence-electron chi connectivity index (χ3n) is 3.09. The summed E-state index contributed by atoms with van der Waals surface area (Å²) >= 11 is 0. The summed E-state index contributed by atoms with van der Waals surface area (Å²) in [4.78, 5) is 16.1. The lowest BCUT2D eigenvalue weighted by Crippen LogP contribution is -2.08. The van der Waals surface area contributed by atoms with Gasteiger partial charge in [-0.15, -0.1) is 0 Å². The number of rotatable bonds is 2. The fourth-order valence-electron chi connectivity index (χ4n) is 2.13. The van der Waals surface area contributed by atoms with E-state index >= 15 is 0 Å². The first-order valence-corrected chi connectivity index (χ1v) is 5.75. The number of carbonyl (C=O) groups excluding carboxylic acids is 1. The molecule has 2 rings (SSSR count). The van der Waals surface area contributed by atoms with Crippen LogP contribution in [0.2, 0.25) is 0 Å². The first-order valence-electron chi connectivity index (χ1n) is 5.75. The Bertz CT molecular complexity index is 621. The number of benzene rings is 1. The molecular weight excluding hydrogens is 228 g/mol. The summed E-state index contributed by atoms with van der Waals surface area (Å²) in [7, 11) is 3.16. The third-order valence-corrected chi connectivity index (χ3v) is 3.09. The van der Waals surface area contributed by atoms with E-state index in [1.165, 1.54) is 7.11 Å². The van der Waals surface area contributed by atoms with Gasteiger partial charge in [0.1, 0.15) is 5.56 Å². The number of carbonyl (C=O) groups is 1. The van der Waals surface area contributed by atoms with Crippen LogP contribution < -0.4 is 5.32 Å². The largest absolute Gasteiger partial charge is 0.465 e. The second-order valence-corrected chi connectivity index (χ2v) is 4.21. The van der Waals surface area contributed by atoms with E-state index in [1.807, 2.05) is 26.0 Å². The first kappa shape index (κ1) is 12.4. The monoisotopic (exact) mass is 244 g/mol. The van der Waals surface area contributed by atoms with Crippen molar-refractivity contribution >= 4 is 22.6 Å². The molecule has 1 aromatic heterocycles. The van der Waals surface area contributed by atoms with Crippen LogP contribution in [0.1, 0.15) is 21.5 Å². The van der Waals surface area contributed by atoms with E-state index in [0.717, 1.165) is 27.7 Å². The van der Waals surface area contributed by atoms with Crippen molar-refractivity contribution in [3.63, 3.8) is 0 Å². The second kappa shape index (κ2) is 4.64. The van der Waals surface area contributed by atoms with Crippen LogP contribution in [0.25, 0.3) is 10.9 Å². The number of methoxy groups -OCH3 is 1. The highest BCUT2D eigenvalue weighted by molar-refractivity contribution is 6.06. The molecule has 0 fully saturated rings. The number of esters is 1. The molecule has 0 bridgehead atoms. The number of nitrogens with zero attached hydrogens (tertiary/aromatic N) is 1. The number of aromatic nitrogens is 1. The summed E-state index contributed by atoms with van der Waals surface area (Å²) in [5, 5.41) is 4.05. The number of nitrogens with one attached hydrogen (secondary N) is 1. The molecule has 0 atom stereocenters. The van der Waals surface area contributed by atoms with Crippen LogP contribution in [0.4, 0.5) is 5.69 Å². The molecule has 0 amide bonds. The molecule has 2 aromatic rings. The molecule has 4 nitrogen and oxygen atoms in total. The van der Waals surface area contributed by atoms with Crippen LogP contribution in [0.5, 0.6) is 0 Å². The molecule has 0 radical (unpaired) electrons. The minimum absolute atomic E-state index is 0.380. The predicted molar refractivity (Wildman–Crippen MR) is 72.1 cm³/mol. The van der Waals surface area contributed by atoms with Gasteiger partial charge < -0.3 is 10.1 Å². The molecule has 0 aliphatic rings. The minimum atomic E-state index is -0.380. The lowest BCUT2D eigenvalue weighted by molar-refractivity contribution is 0.0601. The Hall–Kier alpha value is -2.10. The molecule has 1 heterocycles. The van der Waals surface area contributed by atoms with Crippen LogP contribution in [-0.4, -0.2) is 25.1 Å². The van der Waals surface area contributed by atoms with Crippen molar-refractivity contribution in [2.75, 3.05) is 19.5 Å². The SMILES string of the molecule is CNc1c(C(=O)OC)cnc2c(C)ccc(C)c12. The highest BCUT2D eigenvalue weighted by Gasteiger charge is 2.16. The molecule has 1 aromatic carbocycles. The van der Waals surface area contributed by atoms with Gasteiger partial charge in [-0.1, -0.05) is 12.1 Å². The van der Waals surface area contributed by atoms with Gasteiger partial charge in [-0.3, -0.25) is 4.98 Å². The van der Waals surface area contributed by atoms with Crippen LogP contribution in [0, 0.1) is 13.8 Å². The predicted octanol–water partition coefficient (Wildman–Crippen LogP) is 2.68. The fourth-order valence-corrected chi connectivity index (χ4v) is 2.13. The van der Waals surface area contributed by atoms with Gasteiger partial charge in [0.15, 0.2) is 0 Å². The van der Waals surface area contributed by atoms with E-state index in [1.54, 1.807) is 13.2 Å².